The van der Waals surface area contributed by atoms with E-state index < -0.39 is 16.5 Å². The zero-order valence-electron chi connectivity index (χ0n) is 18.7. The van der Waals surface area contributed by atoms with Crippen molar-refractivity contribution in [2.75, 3.05) is 18.1 Å². The van der Waals surface area contributed by atoms with Crippen molar-refractivity contribution in [1.29, 1.82) is 0 Å². The number of non-ortho nitro benzene ring substituents is 1. The van der Waals surface area contributed by atoms with Gasteiger partial charge in [-0.25, -0.2) is 9.59 Å². The summed E-state index contributed by atoms with van der Waals surface area (Å²) in [5, 5.41) is 11.6. The molecule has 9 nitrogen and oxygen atoms in total. The van der Waals surface area contributed by atoms with E-state index >= 15 is 0 Å². The average molecular weight is 451 g/mol. The highest BCUT2D eigenvalue weighted by atomic mass is 16.6. The highest BCUT2D eigenvalue weighted by Gasteiger charge is 2.30. The zero-order chi connectivity index (χ0) is 23.8. The molecule has 1 aliphatic rings. The van der Waals surface area contributed by atoms with Gasteiger partial charge in [0.1, 0.15) is 11.3 Å². The van der Waals surface area contributed by atoms with Gasteiger partial charge in [-0.15, -0.1) is 0 Å². The second kappa shape index (κ2) is 8.57. The van der Waals surface area contributed by atoms with Gasteiger partial charge in [-0.2, -0.15) is 0 Å². The molecular weight excluding hydrogens is 426 g/mol. The largest absolute Gasteiger partial charge is 0.461 e. The van der Waals surface area contributed by atoms with Gasteiger partial charge in [0.05, 0.1) is 17.2 Å². The molecule has 0 aliphatic carbocycles. The number of aromatic nitrogens is 1. The maximum absolute atomic E-state index is 12.6. The molecule has 0 saturated carbocycles. The molecule has 1 aliphatic heterocycles. The van der Waals surface area contributed by atoms with E-state index in [-0.39, 0.29) is 18.4 Å². The monoisotopic (exact) mass is 451 g/mol. The van der Waals surface area contributed by atoms with Gasteiger partial charge in [0.2, 0.25) is 0 Å². The second-order valence-electron chi connectivity index (χ2n) is 8.90. The van der Waals surface area contributed by atoms with Gasteiger partial charge in [0.15, 0.2) is 0 Å². The Hall–Kier alpha value is -3.88. The van der Waals surface area contributed by atoms with Crippen LogP contribution in [0.4, 0.5) is 16.2 Å². The number of fused-ring (bicyclic) bond motifs is 3. The molecule has 3 aromatic rings. The molecule has 0 saturated heterocycles. The smallest absolute Gasteiger partial charge is 0.414 e. The lowest BCUT2D eigenvalue weighted by molar-refractivity contribution is -0.384. The number of rotatable bonds is 5. The number of aromatic amines is 1. The van der Waals surface area contributed by atoms with Crippen molar-refractivity contribution in [1.82, 2.24) is 4.98 Å². The summed E-state index contributed by atoms with van der Waals surface area (Å²) in [5.41, 5.74) is 3.17. The van der Waals surface area contributed by atoms with Crippen LogP contribution in [0.15, 0.2) is 42.5 Å². The van der Waals surface area contributed by atoms with E-state index in [1.165, 1.54) is 12.1 Å². The van der Waals surface area contributed by atoms with E-state index in [0.717, 1.165) is 27.7 Å². The van der Waals surface area contributed by atoms with Crippen LogP contribution in [0.3, 0.4) is 0 Å². The van der Waals surface area contributed by atoms with Gasteiger partial charge in [-0.3, -0.25) is 15.0 Å². The number of anilines is 1. The quantitative estimate of drug-likeness (QED) is 0.339. The highest BCUT2D eigenvalue weighted by molar-refractivity contribution is 6.01. The molecule has 0 atom stereocenters. The summed E-state index contributed by atoms with van der Waals surface area (Å²) in [7, 11) is 0. The molecule has 33 heavy (non-hydrogen) atoms. The fourth-order valence-electron chi connectivity index (χ4n) is 3.85. The Balaban J connectivity index is 1.43. The Morgan fingerprint density at radius 3 is 2.55 bits per heavy atom. The van der Waals surface area contributed by atoms with Gasteiger partial charge >= 0.3 is 12.1 Å². The number of nitrogens with zero attached hydrogens (tertiary/aromatic N) is 2. The van der Waals surface area contributed by atoms with Crippen molar-refractivity contribution in [3.05, 3.63) is 69.4 Å². The standard InChI is InChI=1S/C24H25N3O6/c1-24(2,3)33-23(29)26-12-10-17-18-14-20(25-19(18)8-9-21(17)26)22(28)32-13-11-15-4-6-16(7-5-15)27(30)31/h4-9,14,25H,10-13H2,1-3H3. The molecule has 1 aromatic heterocycles. The van der Waals surface area contributed by atoms with E-state index in [1.807, 2.05) is 32.9 Å². The predicted molar refractivity (Wildman–Crippen MR) is 123 cm³/mol. The maximum atomic E-state index is 12.6. The minimum atomic E-state index is -0.580. The molecule has 9 heteroatoms. The number of esters is 1. The molecule has 172 valence electrons. The number of ether oxygens (including phenoxy) is 2. The molecule has 0 bridgehead atoms. The Bertz CT molecular complexity index is 1220. The molecule has 1 N–H and O–H groups in total. The number of hydrogen-bond donors (Lipinski definition) is 1. The molecular formula is C24H25N3O6. The van der Waals surface area contributed by atoms with E-state index in [4.69, 9.17) is 9.47 Å². The van der Waals surface area contributed by atoms with Crippen molar-refractivity contribution < 1.29 is 24.0 Å². The maximum Gasteiger partial charge on any atom is 0.414 e. The third-order valence-corrected chi connectivity index (χ3v) is 5.37. The number of amides is 1. The highest BCUT2D eigenvalue weighted by Crippen LogP contribution is 2.35. The fourth-order valence-corrected chi connectivity index (χ4v) is 3.85. The van der Waals surface area contributed by atoms with E-state index in [9.17, 15) is 19.7 Å². The molecule has 0 unspecified atom stereocenters. The normalized spacial score (nSPS) is 13.1. The van der Waals surface area contributed by atoms with Crippen molar-refractivity contribution >= 4 is 34.3 Å². The van der Waals surface area contributed by atoms with Crippen LogP contribution in [-0.2, 0) is 22.3 Å². The lowest BCUT2D eigenvalue weighted by atomic mass is 10.1. The Kier molecular flexibility index (Phi) is 5.80. The molecule has 2 aromatic carbocycles. The third kappa shape index (κ3) is 4.82. The molecule has 2 heterocycles. The van der Waals surface area contributed by atoms with E-state index in [0.29, 0.717) is 25.1 Å². The second-order valence-corrected chi connectivity index (χ2v) is 8.90. The summed E-state index contributed by atoms with van der Waals surface area (Å²) in [6, 6.07) is 11.6. The summed E-state index contributed by atoms with van der Waals surface area (Å²) in [6.07, 6.45) is 0.727. The number of nitro benzene ring substituents is 1. The average Bonchev–Trinajstić information content (AvgIpc) is 3.37. The van der Waals surface area contributed by atoms with Crippen molar-refractivity contribution in [2.24, 2.45) is 0 Å². The van der Waals surface area contributed by atoms with Gasteiger partial charge in [-0.05, 0) is 56.5 Å². The first-order valence-electron chi connectivity index (χ1n) is 10.7. The van der Waals surface area contributed by atoms with Crippen molar-refractivity contribution in [3.63, 3.8) is 0 Å². The van der Waals surface area contributed by atoms with Gasteiger partial charge in [-0.1, -0.05) is 12.1 Å². The minimum Gasteiger partial charge on any atom is -0.461 e. The van der Waals surface area contributed by atoms with Crippen LogP contribution < -0.4 is 4.90 Å². The molecule has 1 amide bonds. The lowest BCUT2D eigenvalue weighted by Gasteiger charge is -2.24. The number of benzene rings is 2. The molecule has 4 rings (SSSR count). The van der Waals surface area contributed by atoms with Crippen molar-refractivity contribution in [2.45, 2.75) is 39.2 Å². The number of nitrogens with one attached hydrogen (secondary N) is 1. The van der Waals surface area contributed by atoms with Crippen LogP contribution in [0.25, 0.3) is 10.9 Å². The number of carbonyl (C=O) groups is 2. The van der Waals surface area contributed by atoms with E-state index in [2.05, 4.69) is 4.98 Å². The Morgan fingerprint density at radius 1 is 1.15 bits per heavy atom. The minimum absolute atomic E-state index is 0.0200. The summed E-state index contributed by atoms with van der Waals surface area (Å²) in [6.45, 7) is 6.16. The number of hydrogen-bond acceptors (Lipinski definition) is 6. The lowest BCUT2D eigenvalue weighted by Crippen LogP contribution is -2.35. The SMILES string of the molecule is CC(C)(C)OC(=O)N1CCc2c1ccc1[nH]c(C(=O)OCCc3ccc([N+](=O)[O-])cc3)cc21. The summed E-state index contributed by atoms with van der Waals surface area (Å²) < 4.78 is 10.9. The number of carbonyl (C=O) groups excluding carboxylic acids is 2. The van der Waals surface area contributed by atoms with E-state index in [1.54, 1.807) is 23.1 Å². The fraction of sp³-hybridized carbons (Fsp3) is 0.333. The molecule has 0 radical (unpaired) electrons. The topological polar surface area (TPSA) is 115 Å². The Morgan fingerprint density at radius 2 is 1.88 bits per heavy atom. The molecule has 0 spiro atoms. The summed E-state index contributed by atoms with van der Waals surface area (Å²) in [5.74, 6) is -0.483. The van der Waals surface area contributed by atoms with Gasteiger partial charge in [0, 0.05) is 36.0 Å². The van der Waals surface area contributed by atoms with Crippen LogP contribution in [-0.4, -0.2) is 40.7 Å². The van der Waals surface area contributed by atoms with Crippen LogP contribution in [0.1, 0.15) is 42.4 Å². The zero-order valence-corrected chi connectivity index (χ0v) is 18.7. The summed E-state index contributed by atoms with van der Waals surface area (Å²) in [4.78, 5) is 40.1. The van der Waals surface area contributed by atoms with Crippen LogP contribution in [0.5, 0.6) is 0 Å². The van der Waals surface area contributed by atoms with Gasteiger partial charge < -0.3 is 14.5 Å². The first kappa shape index (κ1) is 22.3. The third-order valence-electron chi connectivity index (χ3n) is 5.37. The number of nitro groups is 1. The summed E-state index contributed by atoms with van der Waals surface area (Å²) >= 11 is 0. The Labute approximate surface area is 190 Å². The number of H-pyrrole nitrogens is 1. The van der Waals surface area contributed by atoms with Gasteiger partial charge in [0.25, 0.3) is 5.69 Å². The first-order chi connectivity index (χ1) is 15.6. The van der Waals surface area contributed by atoms with Crippen molar-refractivity contribution in [3.8, 4) is 0 Å². The predicted octanol–water partition coefficient (Wildman–Crippen LogP) is 4.77. The van der Waals surface area contributed by atoms with Crippen LogP contribution >= 0.6 is 0 Å². The first-order valence-corrected chi connectivity index (χ1v) is 10.7. The van der Waals surface area contributed by atoms with Crippen LogP contribution in [0, 0.1) is 10.1 Å². The molecule has 0 fully saturated rings. The van der Waals surface area contributed by atoms with Crippen LogP contribution in [0.2, 0.25) is 0 Å².